The number of carboxylic acids is 3. The van der Waals surface area contributed by atoms with E-state index in [0.717, 1.165) is 22.1 Å². The smallest absolute Gasteiger partial charge is 0.550 e. The molecule has 2 rings (SSSR count). The number of hydrogen-bond donors (Lipinski definition) is 1. The molecular formula is C17H16O7Sr. The Bertz CT molecular complexity index is 746. The number of rotatable bonds is 5. The van der Waals surface area contributed by atoms with Crippen molar-refractivity contribution in [2.45, 2.75) is 19.3 Å². The molecule has 2 aromatic rings. The third kappa shape index (κ3) is 7.87. The Balaban J connectivity index is 0.000000620. The van der Waals surface area contributed by atoms with E-state index in [2.05, 4.69) is 0 Å². The van der Waals surface area contributed by atoms with Gasteiger partial charge in [0.25, 0.3) is 0 Å². The fraction of sp³-hybridized carbons (Fsp3) is 0.235. The van der Waals surface area contributed by atoms with Gasteiger partial charge in [0.2, 0.25) is 0 Å². The molecule has 0 spiro atoms. The number of hydrogen-bond acceptors (Lipinski definition) is 6. The van der Waals surface area contributed by atoms with Crippen molar-refractivity contribution in [1.82, 2.24) is 0 Å². The fourth-order valence-corrected chi connectivity index (χ4v) is 1.90. The summed E-state index contributed by atoms with van der Waals surface area (Å²) in [6, 6.07) is 11.4. The zero-order valence-corrected chi connectivity index (χ0v) is 17.3. The summed E-state index contributed by atoms with van der Waals surface area (Å²) in [5.41, 5.74) is 0.815. The van der Waals surface area contributed by atoms with E-state index in [1.54, 1.807) is 14.0 Å². The molecule has 25 heavy (non-hydrogen) atoms. The number of carboxylic acid groups (broad SMARTS) is 3. The Hall–Kier alpha value is -1.61. The van der Waals surface area contributed by atoms with Crippen molar-refractivity contribution >= 4 is 74.2 Å². The van der Waals surface area contributed by atoms with Crippen molar-refractivity contribution in [1.29, 1.82) is 0 Å². The van der Waals surface area contributed by atoms with Crippen molar-refractivity contribution < 1.29 is 34.4 Å². The van der Waals surface area contributed by atoms with Crippen molar-refractivity contribution in [2.24, 2.45) is 0 Å². The number of benzene rings is 2. The topological polar surface area (TPSA) is 127 Å². The number of aliphatic carboxylic acids is 3. The first kappa shape index (κ1) is 23.4. The molecule has 0 heterocycles. The van der Waals surface area contributed by atoms with E-state index in [1.807, 2.05) is 36.4 Å². The second-order valence-electron chi connectivity index (χ2n) is 4.95. The largest absolute Gasteiger partial charge is 2.00 e. The normalized spacial score (nSPS) is 10.6. The zero-order chi connectivity index (χ0) is 18.3. The van der Waals surface area contributed by atoms with Gasteiger partial charge in [0.05, 0.1) is 13.0 Å². The summed E-state index contributed by atoms with van der Waals surface area (Å²) < 4.78 is 5.14. The number of methoxy groups -OCH3 is 1. The summed E-state index contributed by atoms with van der Waals surface area (Å²) in [5, 5.41) is 29.6. The molecule has 0 saturated heterocycles. The summed E-state index contributed by atoms with van der Waals surface area (Å²) in [6.07, 6.45) is -1.03. The van der Waals surface area contributed by atoms with Crippen LogP contribution < -0.4 is 14.9 Å². The van der Waals surface area contributed by atoms with Crippen molar-refractivity contribution in [3.8, 4) is 5.75 Å². The number of carbonyl (C=O) groups is 3. The molecular weight excluding hydrogens is 404 g/mol. The van der Waals surface area contributed by atoms with Crippen LogP contribution in [0.25, 0.3) is 10.8 Å². The molecule has 0 aliphatic heterocycles. The Morgan fingerprint density at radius 1 is 1.04 bits per heavy atom. The maximum absolute atomic E-state index is 10.9. The van der Waals surface area contributed by atoms with Crippen molar-refractivity contribution in [2.75, 3.05) is 7.11 Å². The molecule has 0 saturated carbocycles. The van der Waals surface area contributed by atoms with E-state index in [1.165, 1.54) is 0 Å². The predicted molar refractivity (Wildman–Crippen MR) is 86.9 cm³/mol. The minimum Gasteiger partial charge on any atom is -0.550 e. The first-order chi connectivity index (χ1) is 11.2. The molecule has 0 bridgehead atoms. The van der Waals surface area contributed by atoms with Gasteiger partial charge in [-0.05, 0) is 35.4 Å². The van der Waals surface area contributed by atoms with Crippen LogP contribution in [0.1, 0.15) is 24.8 Å². The molecule has 0 aliphatic carbocycles. The van der Waals surface area contributed by atoms with Gasteiger partial charge in [-0.15, -0.1) is 0 Å². The van der Waals surface area contributed by atoms with Gasteiger partial charge in [-0.2, -0.15) is 0 Å². The molecule has 1 atom stereocenters. The van der Waals surface area contributed by atoms with Gasteiger partial charge in [-0.25, -0.2) is 0 Å². The summed E-state index contributed by atoms with van der Waals surface area (Å²) in [5.74, 6) is -3.74. The summed E-state index contributed by atoms with van der Waals surface area (Å²) in [7, 11) is 1.63. The number of ether oxygens (including phenoxy) is 1. The molecule has 0 radical (unpaired) electrons. The Morgan fingerprint density at radius 2 is 1.56 bits per heavy atom. The summed E-state index contributed by atoms with van der Waals surface area (Å²) in [6.45, 7) is 1.69. The fourth-order valence-electron chi connectivity index (χ4n) is 1.90. The third-order valence-corrected chi connectivity index (χ3v) is 3.23. The van der Waals surface area contributed by atoms with Crippen LogP contribution in [0, 0.1) is 0 Å². The summed E-state index contributed by atoms with van der Waals surface area (Å²) >= 11 is 0. The molecule has 0 aliphatic rings. The molecule has 8 heteroatoms. The van der Waals surface area contributed by atoms with E-state index >= 15 is 0 Å². The van der Waals surface area contributed by atoms with E-state index in [9.17, 15) is 24.6 Å². The molecule has 0 amide bonds. The van der Waals surface area contributed by atoms with Crippen molar-refractivity contribution in [3.05, 3.63) is 42.0 Å². The molecule has 2 aromatic carbocycles. The Labute approximate surface area is 181 Å². The maximum atomic E-state index is 10.9. The number of fused-ring (bicyclic) bond motifs is 1. The Morgan fingerprint density at radius 3 is 2.00 bits per heavy atom. The van der Waals surface area contributed by atoms with Gasteiger partial charge in [0.1, 0.15) is 5.75 Å². The average Bonchev–Trinajstić information content (AvgIpc) is 2.52. The molecule has 1 N–H and O–H groups in total. The van der Waals surface area contributed by atoms with E-state index in [-0.39, 0.29) is 45.5 Å². The second-order valence-corrected chi connectivity index (χ2v) is 4.95. The zero-order valence-electron chi connectivity index (χ0n) is 13.9. The quantitative estimate of drug-likeness (QED) is 0.512. The van der Waals surface area contributed by atoms with Crippen molar-refractivity contribution in [3.63, 3.8) is 0 Å². The van der Waals surface area contributed by atoms with E-state index < -0.39 is 30.2 Å². The van der Waals surface area contributed by atoms with Gasteiger partial charge < -0.3 is 29.6 Å². The van der Waals surface area contributed by atoms with Gasteiger partial charge >= 0.3 is 51.5 Å². The van der Waals surface area contributed by atoms with Gasteiger partial charge in [0.15, 0.2) is 0 Å². The minimum absolute atomic E-state index is 0. The van der Waals surface area contributed by atoms with Crippen LogP contribution >= 0.6 is 0 Å². The molecule has 0 unspecified atom stereocenters. The van der Waals surface area contributed by atoms with Crippen LogP contribution in [-0.4, -0.2) is 75.6 Å². The van der Waals surface area contributed by atoms with Crippen LogP contribution in [0.2, 0.25) is 0 Å². The average molecular weight is 420 g/mol. The second kappa shape index (κ2) is 11.1. The van der Waals surface area contributed by atoms with Crippen LogP contribution in [0.15, 0.2) is 36.4 Å². The first-order valence-corrected chi connectivity index (χ1v) is 6.94. The van der Waals surface area contributed by atoms with Crippen LogP contribution in [-0.2, 0) is 14.4 Å². The van der Waals surface area contributed by atoms with E-state index in [0.29, 0.717) is 0 Å². The van der Waals surface area contributed by atoms with Crippen LogP contribution in [0.4, 0.5) is 0 Å². The van der Waals surface area contributed by atoms with Gasteiger partial charge in [0, 0.05) is 18.4 Å². The maximum Gasteiger partial charge on any atom is 2.00 e. The number of carbonyl (C=O) groups excluding carboxylic acids is 2. The van der Waals surface area contributed by atoms with Crippen LogP contribution in [0.3, 0.4) is 0 Å². The molecule has 7 nitrogen and oxygen atoms in total. The van der Waals surface area contributed by atoms with Crippen LogP contribution in [0.5, 0.6) is 5.75 Å². The van der Waals surface area contributed by atoms with Gasteiger partial charge in [-0.1, -0.05) is 24.3 Å². The molecule has 0 aromatic heterocycles. The molecule has 128 valence electrons. The minimum atomic E-state index is -1.63. The standard InChI is InChI=1S/C14H14O3.C3H4O4.Sr/c1-9(14(15)16)10-3-4-12-8-13(17-2)6-5-11(12)7-10;4-2(5)1-3(6)7;/h3-9H,1-2H3,(H,15,16);1H2,(H,4,5)(H,6,7);/q;;+2/p-2/t9-;;/m0../s1. The SMILES string of the molecule is COc1ccc2cc([C@H](C)C(=O)O)ccc2c1.O=C([O-])CC(=O)[O-].[Sr+2]. The molecule has 0 fully saturated rings. The van der Waals surface area contributed by atoms with Gasteiger partial charge in [-0.3, -0.25) is 4.79 Å². The third-order valence-electron chi connectivity index (χ3n) is 3.23. The summed E-state index contributed by atoms with van der Waals surface area (Å²) in [4.78, 5) is 29.5. The Kier molecular flexibility index (Phi) is 10.4. The van der Waals surface area contributed by atoms with E-state index in [4.69, 9.17) is 9.84 Å². The first-order valence-electron chi connectivity index (χ1n) is 6.94. The predicted octanol–water partition coefficient (Wildman–Crippen LogP) is -0.468. The monoisotopic (exact) mass is 420 g/mol.